The van der Waals surface area contributed by atoms with Crippen LogP contribution < -0.4 is 14.9 Å². The molecule has 3 aromatic carbocycles. The van der Waals surface area contributed by atoms with Crippen LogP contribution in [0.3, 0.4) is 0 Å². The van der Waals surface area contributed by atoms with Gasteiger partial charge >= 0.3 is 0 Å². The van der Waals surface area contributed by atoms with Crippen LogP contribution in [0.5, 0.6) is 11.5 Å². The Morgan fingerprint density at radius 1 is 1.00 bits per heavy atom. The Morgan fingerprint density at radius 2 is 1.70 bits per heavy atom. The summed E-state index contributed by atoms with van der Waals surface area (Å²) in [4.78, 5) is 0. The molecule has 0 amide bonds. The summed E-state index contributed by atoms with van der Waals surface area (Å²) in [6.07, 6.45) is 1.68. The molecule has 4 nitrogen and oxygen atoms in total. The molecule has 1 N–H and O–H groups in total. The number of rotatable bonds is 8. The van der Waals surface area contributed by atoms with Gasteiger partial charge < -0.3 is 14.9 Å². The molecule has 0 radical (unpaired) electrons. The lowest BCUT2D eigenvalue weighted by molar-refractivity contribution is 0.282. The minimum Gasteiger partial charge on any atom is -0.493 e. The van der Waals surface area contributed by atoms with E-state index in [1.165, 1.54) is 0 Å². The molecular formula is C22H18BrCl3N2O2. The van der Waals surface area contributed by atoms with E-state index in [0.29, 0.717) is 39.7 Å². The Balaban J connectivity index is 1.68. The lowest BCUT2D eigenvalue weighted by Gasteiger charge is -2.14. The number of hydrogen-bond acceptors (Lipinski definition) is 4. The number of hydrogen-bond donors (Lipinski definition) is 1. The Kier molecular flexibility index (Phi) is 8.28. The molecule has 3 aromatic rings. The molecule has 0 aliphatic carbocycles. The minimum atomic E-state index is 0.322. The first-order chi connectivity index (χ1) is 14.5. The number of methoxy groups -OCH3 is 1. The van der Waals surface area contributed by atoms with Gasteiger partial charge in [0.15, 0.2) is 11.5 Å². The average Bonchev–Trinajstić information content (AvgIpc) is 2.73. The Bertz CT molecular complexity index is 1040. The summed E-state index contributed by atoms with van der Waals surface area (Å²) in [5.41, 5.74) is 5.46. The standard InChI is InChI=1S/C22H18BrCl3N2O2/c1-29-21-10-14(11-27-28-12-16-19(25)7-4-8-20(16)26)9-17(23)22(21)30-13-15-5-2-3-6-18(15)24/h2-11,28H,12-13H2,1H3/b27-11-. The third kappa shape index (κ3) is 5.82. The maximum absolute atomic E-state index is 6.20. The van der Waals surface area contributed by atoms with Gasteiger partial charge in [-0.3, -0.25) is 0 Å². The fourth-order valence-electron chi connectivity index (χ4n) is 2.67. The zero-order valence-electron chi connectivity index (χ0n) is 16.0. The van der Waals surface area contributed by atoms with Crippen LogP contribution in [-0.4, -0.2) is 13.3 Å². The molecule has 0 aliphatic heterocycles. The number of halogens is 4. The van der Waals surface area contributed by atoms with Crippen LogP contribution in [0.15, 0.2) is 64.2 Å². The van der Waals surface area contributed by atoms with Gasteiger partial charge in [-0.25, -0.2) is 0 Å². The lowest BCUT2D eigenvalue weighted by Crippen LogP contribution is -2.07. The van der Waals surface area contributed by atoms with Crippen LogP contribution in [-0.2, 0) is 13.2 Å². The van der Waals surface area contributed by atoms with Crippen molar-refractivity contribution in [2.45, 2.75) is 13.2 Å². The monoisotopic (exact) mass is 526 g/mol. The van der Waals surface area contributed by atoms with E-state index >= 15 is 0 Å². The van der Waals surface area contributed by atoms with E-state index in [9.17, 15) is 0 Å². The van der Waals surface area contributed by atoms with Crippen molar-refractivity contribution < 1.29 is 9.47 Å². The van der Waals surface area contributed by atoms with Crippen molar-refractivity contribution in [2.75, 3.05) is 7.11 Å². The highest BCUT2D eigenvalue weighted by Gasteiger charge is 2.12. The van der Waals surface area contributed by atoms with Gasteiger partial charge in [-0.15, -0.1) is 0 Å². The van der Waals surface area contributed by atoms with Crippen LogP contribution in [0.2, 0.25) is 15.1 Å². The number of ether oxygens (including phenoxy) is 2. The summed E-state index contributed by atoms with van der Waals surface area (Å²) in [7, 11) is 1.59. The molecule has 3 rings (SSSR count). The van der Waals surface area contributed by atoms with Crippen molar-refractivity contribution in [1.82, 2.24) is 5.43 Å². The van der Waals surface area contributed by atoms with Crippen molar-refractivity contribution in [3.63, 3.8) is 0 Å². The van der Waals surface area contributed by atoms with E-state index in [2.05, 4.69) is 26.5 Å². The first-order valence-corrected chi connectivity index (χ1v) is 10.8. The lowest BCUT2D eigenvalue weighted by atomic mass is 10.2. The summed E-state index contributed by atoms with van der Waals surface area (Å²) in [6.45, 7) is 0.731. The predicted molar refractivity (Wildman–Crippen MR) is 127 cm³/mol. The Labute approximate surface area is 198 Å². The van der Waals surface area contributed by atoms with Crippen molar-refractivity contribution >= 4 is 56.9 Å². The van der Waals surface area contributed by atoms with Crippen LogP contribution in [0.1, 0.15) is 16.7 Å². The molecular weight excluding hydrogens is 511 g/mol. The molecule has 30 heavy (non-hydrogen) atoms. The van der Waals surface area contributed by atoms with Gasteiger partial charge in [0, 0.05) is 26.2 Å². The predicted octanol–water partition coefficient (Wildman–Crippen LogP) is 7.12. The van der Waals surface area contributed by atoms with Gasteiger partial charge in [0.05, 0.1) is 24.3 Å². The van der Waals surface area contributed by atoms with Crippen LogP contribution >= 0.6 is 50.7 Å². The van der Waals surface area contributed by atoms with Gasteiger partial charge in [-0.2, -0.15) is 5.10 Å². The van der Waals surface area contributed by atoms with E-state index in [1.807, 2.05) is 36.4 Å². The van der Waals surface area contributed by atoms with Crippen molar-refractivity contribution in [1.29, 1.82) is 0 Å². The summed E-state index contributed by atoms with van der Waals surface area (Å²) in [5.74, 6) is 1.16. The third-order valence-electron chi connectivity index (χ3n) is 4.20. The summed E-state index contributed by atoms with van der Waals surface area (Å²) in [6, 6.07) is 16.6. The van der Waals surface area contributed by atoms with Crippen LogP contribution in [0, 0.1) is 0 Å². The summed E-state index contributed by atoms with van der Waals surface area (Å²) >= 11 is 22.1. The molecule has 0 atom stereocenters. The second-order valence-electron chi connectivity index (χ2n) is 6.21. The highest BCUT2D eigenvalue weighted by atomic mass is 79.9. The van der Waals surface area contributed by atoms with Gasteiger partial charge in [-0.05, 0) is 51.8 Å². The zero-order valence-corrected chi connectivity index (χ0v) is 19.8. The second kappa shape index (κ2) is 10.9. The fourth-order valence-corrected chi connectivity index (χ4v) is 3.96. The normalized spacial score (nSPS) is 11.0. The second-order valence-corrected chi connectivity index (χ2v) is 8.28. The largest absolute Gasteiger partial charge is 0.493 e. The zero-order chi connectivity index (χ0) is 21.5. The van der Waals surface area contributed by atoms with Crippen molar-refractivity contribution in [3.8, 4) is 11.5 Å². The third-order valence-corrected chi connectivity index (χ3v) is 5.87. The molecule has 156 valence electrons. The van der Waals surface area contributed by atoms with Crippen LogP contribution in [0.4, 0.5) is 0 Å². The molecule has 0 heterocycles. The first kappa shape index (κ1) is 22.8. The molecule has 0 fully saturated rings. The van der Waals surface area contributed by atoms with Gasteiger partial charge in [-0.1, -0.05) is 59.1 Å². The molecule has 0 spiro atoms. The number of hydrazone groups is 1. The van der Waals surface area contributed by atoms with Gasteiger partial charge in [0.25, 0.3) is 0 Å². The number of benzene rings is 3. The highest BCUT2D eigenvalue weighted by molar-refractivity contribution is 9.10. The molecule has 0 aliphatic rings. The van der Waals surface area contributed by atoms with E-state index < -0.39 is 0 Å². The Hall–Kier alpha value is -1.92. The van der Waals surface area contributed by atoms with Gasteiger partial charge in [0.2, 0.25) is 0 Å². The molecule has 8 heteroatoms. The molecule has 0 bridgehead atoms. The van der Waals surface area contributed by atoms with E-state index in [0.717, 1.165) is 21.2 Å². The molecule has 0 aromatic heterocycles. The van der Waals surface area contributed by atoms with E-state index in [-0.39, 0.29) is 0 Å². The molecule has 0 saturated heterocycles. The number of nitrogens with one attached hydrogen (secondary N) is 1. The maximum Gasteiger partial charge on any atom is 0.175 e. The average molecular weight is 529 g/mol. The van der Waals surface area contributed by atoms with E-state index in [1.54, 1.807) is 31.5 Å². The van der Waals surface area contributed by atoms with Crippen molar-refractivity contribution in [3.05, 3.63) is 90.8 Å². The van der Waals surface area contributed by atoms with Crippen molar-refractivity contribution in [2.24, 2.45) is 5.10 Å². The smallest absolute Gasteiger partial charge is 0.175 e. The minimum absolute atomic E-state index is 0.322. The van der Waals surface area contributed by atoms with E-state index in [4.69, 9.17) is 44.3 Å². The SMILES string of the molecule is COc1cc(/C=N\NCc2c(Cl)cccc2Cl)cc(Br)c1OCc1ccccc1Cl. The molecule has 0 saturated carbocycles. The first-order valence-electron chi connectivity index (χ1n) is 8.92. The Morgan fingerprint density at radius 3 is 2.40 bits per heavy atom. The fraction of sp³-hybridized carbons (Fsp3) is 0.136. The maximum atomic E-state index is 6.20. The van der Waals surface area contributed by atoms with Crippen LogP contribution in [0.25, 0.3) is 0 Å². The quantitative estimate of drug-likeness (QED) is 0.250. The summed E-state index contributed by atoms with van der Waals surface area (Å²) in [5, 5.41) is 6.08. The van der Waals surface area contributed by atoms with Gasteiger partial charge in [0.1, 0.15) is 6.61 Å². The molecule has 0 unspecified atom stereocenters. The highest BCUT2D eigenvalue weighted by Crippen LogP contribution is 2.37. The number of nitrogens with zero attached hydrogens (tertiary/aromatic N) is 1. The topological polar surface area (TPSA) is 42.8 Å². The summed E-state index contributed by atoms with van der Waals surface area (Å²) < 4.78 is 12.2.